The number of carboxylic acid groups (broad SMARTS) is 1. The Hall–Kier alpha value is -3.67. The Morgan fingerprint density at radius 2 is 1.86 bits per heavy atom. The van der Waals surface area contributed by atoms with Crippen LogP contribution in [0.2, 0.25) is 0 Å². The molecule has 0 saturated carbocycles. The van der Waals surface area contributed by atoms with Crippen LogP contribution in [0.5, 0.6) is 0 Å². The van der Waals surface area contributed by atoms with Crippen LogP contribution in [0.15, 0.2) is 56.8 Å². The van der Waals surface area contributed by atoms with Gasteiger partial charge in [-0.3, -0.25) is 9.36 Å². The van der Waals surface area contributed by atoms with E-state index in [1.807, 2.05) is 0 Å². The van der Waals surface area contributed by atoms with E-state index in [4.69, 9.17) is 4.42 Å². The number of aliphatic carboxylic acids is 1. The lowest BCUT2D eigenvalue weighted by atomic mass is 9.94. The number of halogens is 3. The highest BCUT2D eigenvalue weighted by Gasteiger charge is 2.36. The maximum absolute atomic E-state index is 13.7. The Labute approximate surface area is 212 Å². The molecule has 0 saturated heterocycles. The zero-order chi connectivity index (χ0) is 27.1. The second kappa shape index (κ2) is 9.66. The molecule has 3 heterocycles. The molecule has 0 radical (unpaired) electrons. The van der Waals surface area contributed by atoms with Gasteiger partial charge in [0.15, 0.2) is 0 Å². The van der Waals surface area contributed by atoms with Gasteiger partial charge in [-0.25, -0.2) is 19.1 Å². The molecule has 3 aromatic heterocycles. The molecule has 12 heteroatoms. The number of carbonyl (C=O) groups is 1. The molecule has 1 atom stereocenters. The molecule has 37 heavy (non-hydrogen) atoms. The van der Waals surface area contributed by atoms with E-state index in [9.17, 15) is 32.7 Å². The fourth-order valence-corrected chi connectivity index (χ4v) is 5.52. The van der Waals surface area contributed by atoms with Crippen molar-refractivity contribution in [2.45, 2.75) is 57.8 Å². The summed E-state index contributed by atoms with van der Waals surface area (Å²) in [6.07, 6.45) is -3.02. The minimum absolute atomic E-state index is 0.0924. The van der Waals surface area contributed by atoms with Gasteiger partial charge in [-0.15, -0.1) is 11.3 Å². The minimum Gasteiger partial charge on any atom is -0.480 e. The fourth-order valence-electron chi connectivity index (χ4n) is 4.28. The standard InChI is InChI=1S/C25H24F3N3O5S/c1-14-17-20(32)31(24(2,3)22(33)34)23(35)30(21(17)37-18(14)19-29-11-12-36-19)13-16(9-10-25(26,27)28)15-7-5-4-6-8-15/h4-8,11-12,16H,9-10,13H2,1-3H3,(H,33,34)/t16-/m0/s1. The predicted molar refractivity (Wildman–Crippen MR) is 132 cm³/mol. The minimum atomic E-state index is -4.41. The Bertz CT molecular complexity index is 1550. The lowest BCUT2D eigenvalue weighted by Gasteiger charge is -2.25. The fraction of sp³-hybridized carbons (Fsp3) is 0.360. The Balaban J connectivity index is 2.00. The largest absolute Gasteiger partial charge is 0.480 e. The van der Waals surface area contributed by atoms with Crippen molar-refractivity contribution in [1.82, 2.24) is 14.1 Å². The molecule has 4 aromatic rings. The van der Waals surface area contributed by atoms with Gasteiger partial charge in [0.05, 0.1) is 16.5 Å². The van der Waals surface area contributed by atoms with Gasteiger partial charge in [0, 0.05) is 18.9 Å². The van der Waals surface area contributed by atoms with E-state index in [1.165, 1.54) is 30.9 Å². The van der Waals surface area contributed by atoms with E-state index >= 15 is 0 Å². The summed E-state index contributed by atoms with van der Waals surface area (Å²) in [6, 6.07) is 8.48. The SMILES string of the molecule is Cc1c(-c2ncco2)sc2c1c(=O)n(C(C)(C)C(=O)O)c(=O)n2C[C@H](CCC(F)(F)F)c1ccccc1. The average molecular weight is 536 g/mol. The van der Waals surface area contributed by atoms with Crippen LogP contribution in [0.1, 0.15) is 43.7 Å². The van der Waals surface area contributed by atoms with E-state index in [0.717, 1.165) is 11.3 Å². The quantitative estimate of drug-likeness (QED) is 0.335. The van der Waals surface area contributed by atoms with Crippen molar-refractivity contribution in [2.75, 3.05) is 0 Å². The summed E-state index contributed by atoms with van der Waals surface area (Å²) in [5.41, 5.74) is -2.62. The number of aromatic nitrogens is 3. The third kappa shape index (κ3) is 4.97. The maximum Gasteiger partial charge on any atom is 0.389 e. The number of hydrogen-bond donors (Lipinski definition) is 1. The van der Waals surface area contributed by atoms with E-state index in [2.05, 4.69) is 4.98 Å². The van der Waals surface area contributed by atoms with Crippen LogP contribution in [-0.2, 0) is 16.9 Å². The van der Waals surface area contributed by atoms with Crippen molar-refractivity contribution in [3.05, 3.63) is 74.8 Å². The first kappa shape index (κ1) is 26.4. The average Bonchev–Trinajstić information content (AvgIpc) is 3.46. The van der Waals surface area contributed by atoms with Gasteiger partial charge in [0.25, 0.3) is 5.56 Å². The molecule has 0 fully saturated rings. The topological polar surface area (TPSA) is 107 Å². The van der Waals surface area contributed by atoms with Crippen molar-refractivity contribution >= 4 is 27.5 Å². The van der Waals surface area contributed by atoms with Crippen molar-refractivity contribution in [1.29, 1.82) is 0 Å². The van der Waals surface area contributed by atoms with Gasteiger partial charge < -0.3 is 9.52 Å². The molecular formula is C25H24F3N3O5S. The Morgan fingerprint density at radius 1 is 1.19 bits per heavy atom. The highest BCUT2D eigenvalue weighted by Crippen LogP contribution is 2.37. The first-order valence-electron chi connectivity index (χ1n) is 11.4. The highest BCUT2D eigenvalue weighted by atomic mass is 32.1. The number of nitrogens with zero attached hydrogens (tertiary/aromatic N) is 3. The lowest BCUT2D eigenvalue weighted by Crippen LogP contribution is -2.52. The molecule has 0 unspecified atom stereocenters. The smallest absolute Gasteiger partial charge is 0.389 e. The van der Waals surface area contributed by atoms with Gasteiger partial charge >= 0.3 is 17.8 Å². The molecular weight excluding hydrogens is 511 g/mol. The van der Waals surface area contributed by atoms with Crippen LogP contribution in [0.25, 0.3) is 21.0 Å². The summed E-state index contributed by atoms with van der Waals surface area (Å²) < 4.78 is 46.8. The number of rotatable bonds is 8. The van der Waals surface area contributed by atoms with Gasteiger partial charge in [-0.2, -0.15) is 13.2 Å². The van der Waals surface area contributed by atoms with Crippen molar-refractivity contribution in [3.8, 4) is 10.8 Å². The molecule has 0 aliphatic carbocycles. The molecule has 0 amide bonds. The second-order valence-corrected chi connectivity index (χ2v) is 10.2. The molecule has 8 nitrogen and oxygen atoms in total. The van der Waals surface area contributed by atoms with Gasteiger partial charge in [-0.05, 0) is 38.3 Å². The molecule has 0 aliphatic rings. The van der Waals surface area contributed by atoms with E-state index in [-0.39, 0.29) is 29.1 Å². The molecule has 0 spiro atoms. The summed E-state index contributed by atoms with van der Waals surface area (Å²) in [4.78, 5) is 44.1. The number of oxazole rings is 1. The zero-order valence-electron chi connectivity index (χ0n) is 20.2. The molecule has 196 valence electrons. The van der Waals surface area contributed by atoms with Crippen molar-refractivity contribution < 1.29 is 27.5 Å². The Morgan fingerprint density at radius 3 is 2.43 bits per heavy atom. The van der Waals surface area contributed by atoms with Crippen LogP contribution in [-0.4, -0.2) is 31.4 Å². The summed E-state index contributed by atoms with van der Waals surface area (Å²) >= 11 is 1.05. The van der Waals surface area contributed by atoms with Gasteiger partial charge in [-0.1, -0.05) is 30.3 Å². The zero-order valence-corrected chi connectivity index (χ0v) is 21.0. The summed E-state index contributed by atoms with van der Waals surface area (Å²) in [7, 11) is 0. The number of fused-ring (bicyclic) bond motifs is 1. The van der Waals surface area contributed by atoms with E-state index in [1.54, 1.807) is 37.3 Å². The molecule has 1 aromatic carbocycles. The van der Waals surface area contributed by atoms with Gasteiger partial charge in [0.1, 0.15) is 16.6 Å². The Kier molecular flexibility index (Phi) is 6.89. The van der Waals surface area contributed by atoms with Gasteiger partial charge in [0.2, 0.25) is 5.89 Å². The van der Waals surface area contributed by atoms with Crippen molar-refractivity contribution in [3.63, 3.8) is 0 Å². The lowest BCUT2D eigenvalue weighted by molar-refractivity contribution is -0.146. The summed E-state index contributed by atoms with van der Waals surface area (Å²) in [5, 5.41) is 9.90. The first-order chi connectivity index (χ1) is 17.3. The molecule has 4 rings (SSSR count). The number of hydrogen-bond acceptors (Lipinski definition) is 6. The molecule has 0 aliphatic heterocycles. The van der Waals surface area contributed by atoms with Crippen LogP contribution in [0.3, 0.4) is 0 Å². The first-order valence-corrected chi connectivity index (χ1v) is 12.2. The third-order valence-electron chi connectivity index (χ3n) is 6.37. The van der Waals surface area contributed by atoms with Crippen LogP contribution >= 0.6 is 11.3 Å². The number of alkyl halides is 3. The number of benzene rings is 1. The number of thiophene rings is 1. The maximum atomic E-state index is 13.7. The van der Waals surface area contributed by atoms with Crippen molar-refractivity contribution in [2.24, 2.45) is 0 Å². The highest BCUT2D eigenvalue weighted by molar-refractivity contribution is 7.22. The van der Waals surface area contributed by atoms with Crippen LogP contribution in [0, 0.1) is 6.92 Å². The predicted octanol–water partition coefficient (Wildman–Crippen LogP) is 5.13. The normalized spacial score (nSPS) is 13.2. The molecule has 0 bridgehead atoms. The second-order valence-electron chi connectivity index (χ2n) is 9.23. The van der Waals surface area contributed by atoms with E-state index in [0.29, 0.717) is 20.6 Å². The third-order valence-corrected chi connectivity index (χ3v) is 7.67. The monoisotopic (exact) mass is 535 g/mol. The summed E-state index contributed by atoms with van der Waals surface area (Å²) in [5.74, 6) is -1.94. The molecule has 1 N–H and O–H groups in total. The van der Waals surface area contributed by atoms with E-state index < -0.39 is 41.3 Å². The number of carboxylic acids is 1. The number of aryl methyl sites for hydroxylation is 1. The summed E-state index contributed by atoms with van der Waals surface area (Å²) in [6.45, 7) is 3.88. The van der Waals surface area contributed by atoms with Crippen LogP contribution < -0.4 is 11.2 Å². The van der Waals surface area contributed by atoms with Crippen LogP contribution in [0.4, 0.5) is 13.2 Å².